The number of aliphatic carboxylic acids is 2. The standard InChI is InChI=1S/C76H90Cl2N6O27/c1-7-9-16-105-53(73(101)102)29-80-76(6)28-56(106-32(5)68(76)96)110-67-65(95)64(94)54(30-85)109-75(67)111-66-51-22-37-23-52(66)108-50-15-12-36(20-44(50)78)63(93)61-72(100)82-59(74(103)104)42-25-39(86)26-46(88)57(42)41-18-34(10-13-45(41)87)40(71(99)84-61)27-48(90)58(37)81-70(98)38(24-55(79)91)21-47(89)60(83-69(97)33(8-2)17-31(3)4)62(92)35-11-14-49(107-51)43(77)19-35/h10-15,18-20,22-23,25-26,31-33,38,40,53-54,56,58-65,67-68,75,80,85-88,92-96H,7-9,16-17,21,24,27-30H2,1-6H3,(H2,79,91)(H,81,98)(H,82,100)(H,83,97)(H,84,99)(H,101,102)(H,103,104)/t32?,33-,38+,40?,53?,54?,56?,58-,59-,60?,61+,62-,63-,64?,65?,67?,68?,75?,76?/m1/s1. The highest BCUT2D eigenvalue weighted by atomic mass is 35.5. The van der Waals surface area contributed by atoms with Gasteiger partial charge in [-0.1, -0.05) is 75.5 Å². The highest BCUT2D eigenvalue weighted by molar-refractivity contribution is 6.32. The number of unbranched alkanes of at least 4 members (excludes halogenated alkanes) is 1. The number of carboxylic acids is 2. The summed E-state index contributed by atoms with van der Waals surface area (Å²) >= 11 is 14.3. The van der Waals surface area contributed by atoms with E-state index in [0.717, 1.165) is 60.7 Å². The third kappa shape index (κ3) is 18.9. The maximum Gasteiger partial charge on any atom is 0.334 e. The molecule has 18 N–H and O–H groups in total. The van der Waals surface area contributed by atoms with Gasteiger partial charge in [0.1, 0.15) is 77.4 Å². The number of carbonyl (C=O) groups excluding carboxylic acids is 7. The average Bonchev–Trinajstić information content (AvgIpc) is 0.783. The predicted octanol–water partition coefficient (Wildman–Crippen LogP) is 4.42. The molecule has 19 atom stereocenters. The topological polar surface area (TPSA) is 527 Å². The Balaban J connectivity index is 1.21. The molecule has 111 heavy (non-hydrogen) atoms. The molecular formula is C76H90Cl2N6O27. The van der Waals surface area contributed by atoms with Gasteiger partial charge in [0.2, 0.25) is 41.6 Å². The minimum Gasteiger partial charge on any atom is -0.508 e. The molecule has 2 saturated heterocycles. The molecule has 7 aliphatic rings. The number of ketones is 2. The summed E-state index contributed by atoms with van der Waals surface area (Å²) in [6.45, 7) is 9.15. The van der Waals surface area contributed by atoms with E-state index in [9.17, 15) is 80.1 Å². The Labute approximate surface area is 645 Å². The number of aliphatic hydroxyl groups excluding tert-OH is 6. The smallest absolute Gasteiger partial charge is 0.334 e. The molecule has 11 bridgehead atoms. The van der Waals surface area contributed by atoms with Crippen LogP contribution in [0.4, 0.5) is 0 Å². The number of ether oxygens (including phenoxy) is 7. The zero-order chi connectivity index (χ0) is 80.9. The van der Waals surface area contributed by atoms with Gasteiger partial charge in [-0.05, 0) is 116 Å². The van der Waals surface area contributed by atoms with Gasteiger partial charge in [0.05, 0.1) is 40.7 Å². The highest BCUT2D eigenvalue weighted by Crippen LogP contribution is 2.51. The molecule has 0 aromatic heterocycles. The Bertz CT molecular complexity index is 4360. The van der Waals surface area contributed by atoms with Gasteiger partial charge in [-0.25, -0.2) is 9.59 Å². The van der Waals surface area contributed by atoms with E-state index < -0.39 is 261 Å². The predicted molar refractivity (Wildman–Crippen MR) is 389 cm³/mol. The lowest BCUT2D eigenvalue weighted by Gasteiger charge is -2.48. The van der Waals surface area contributed by atoms with Crippen LogP contribution in [-0.4, -0.2) is 202 Å². The van der Waals surface area contributed by atoms with Crippen LogP contribution in [0.5, 0.6) is 46.0 Å². The zero-order valence-corrected chi connectivity index (χ0v) is 62.5. The Morgan fingerprint density at radius 1 is 0.739 bits per heavy atom. The monoisotopic (exact) mass is 1590 g/mol. The van der Waals surface area contributed by atoms with Gasteiger partial charge in [-0.2, -0.15) is 0 Å². The third-order valence-corrected chi connectivity index (χ3v) is 20.9. The van der Waals surface area contributed by atoms with E-state index in [1.54, 1.807) is 13.8 Å². The molecule has 33 nitrogen and oxygen atoms in total. The number of Topliss-reactive ketones (excluding diaryl/α,β-unsaturated/α-hetero) is 2. The third-order valence-electron chi connectivity index (χ3n) is 20.4. The molecule has 0 spiro atoms. The normalized spacial score (nSPS) is 28.3. The van der Waals surface area contributed by atoms with E-state index in [1.165, 1.54) is 25.1 Å². The summed E-state index contributed by atoms with van der Waals surface area (Å²) in [6, 6.07) is 5.36. The Morgan fingerprint density at radius 3 is 1.98 bits per heavy atom. The van der Waals surface area contributed by atoms with Crippen LogP contribution in [0, 0.1) is 17.8 Å². The fourth-order valence-electron chi connectivity index (χ4n) is 14.3. The van der Waals surface area contributed by atoms with E-state index in [0.29, 0.717) is 19.3 Å². The quantitative estimate of drug-likeness (QED) is 0.0452. The fraction of sp³-hybridized carbons (Fsp3) is 0.487. The van der Waals surface area contributed by atoms with Crippen molar-refractivity contribution in [3.63, 3.8) is 0 Å². The molecule has 0 aliphatic carbocycles. The highest BCUT2D eigenvalue weighted by Gasteiger charge is 2.52. The lowest BCUT2D eigenvalue weighted by molar-refractivity contribution is -0.334. The summed E-state index contributed by atoms with van der Waals surface area (Å²) in [5.74, 6) is -20.7. The molecule has 7 heterocycles. The number of rotatable bonds is 21. The van der Waals surface area contributed by atoms with E-state index in [-0.39, 0.29) is 59.4 Å². The summed E-state index contributed by atoms with van der Waals surface area (Å²) in [7, 11) is 0. The van der Waals surface area contributed by atoms with Crippen molar-refractivity contribution in [2.75, 3.05) is 19.8 Å². The molecule has 5 aromatic rings. The molecule has 5 amide bonds. The summed E-state index contributed by atoms with van der Waals surface area (Å²) in [4.78, 5) is 131. The molecule has 600 valence electrons. The Kier molecular flexibility index (Phi) is 27.0. The van der Waals surface area contributed by atoms with Crippen molar-refractivity contribution in [1.29, 1.82) is 0 Å². The second-order valence-electron chi connectivity index (χ2n) is 28.9. The number of phenols is 3. The summed E-state index contributed by atoms with van der Waals surface area (Å²) in [5.41, 5.74) is 1.82. The second kappa shape index (κ2) is 35.6. The van der Waals surface area contributed by atoms with Crippen molar-refractivity contribution < 1.29 is 132 Å². The summed E-state index contributed by atoms with van der Waals surface area (Å²) in [6.07, 6.45) is -21.0. The lowest BCUT2D eigenvalue weighted by atomic mass is 9.84. The zero-order valence-electron chi connectivity index (χ0n) is 61.0. The molecule has 0 saturated carbocycles. The first kappa shape index (κ1) is 84.1. The first-order valence-corrected chi connectivity index (χ1v) is 36.8. The van der Waals surface area contributed by atoms with E-state index >= 15 is 19.2 Å². The van der Waals surface area contributed by atoms with Crippen molar-refractivity contribution in [3.8, 4) is 57.1 Å². The number of carboxylic acid groups (broad SMARTS) is 2. The fourth-order valence-corrected chi connectivity index (χ4v) is 14.7. The van der Waals surface area contributed by atoms with Crippen molar-refractivity contribution >= 4 is 76.2 Å². The van der Waals surface area contributed by atoms with Gasteiger partial charge in [-0.3, -0.25) is 33.6 Å². The Morgan fingerprint density at radius 2 is 1.39 bits per heavy atom. The number of fused-ring (bicyclic) bond motifs is 15. The van der Waals surface area contributed by atoms with Crippen molar-refractivity contribution in [2.45, 2.75) is 196 Å². The number of carbonyl (C=O) groups is 9. The number of halogens is 2. The number of hydrogen-bond acceptors (Lipinski definition) is 26. The van der Waals surface area contributed by atoms with E-state index in [2.05, 4.69) is 26.6 Å². The van der Waals surface area contributed by atoms with Gasteiger partial charge in [0, 0.05) is 73.0 Å². The first-order valence-electron chi connectivity index (χ1n) is 36.1. The van der Waals surface area contributed by atoms with Crippen LogP contribution in [0.25, 0.3) is 11.1 Å². The van der Waals surface area contributed by atoms with Gasteiger partial charge < -0.3 is 122 Å². The first-order chi connectivity index (χ1) is 52.5. The number of hydrogen-bond donors (Lipinski definition) is 17. The number of aliphatic hydroxyl groups is 6. The van der Waals surface area contributed by atoms with Crippen LogP contribution >= 0.6 is 23.2 Å². The lowest BCUT2D eigenvalue weighted by Crippen LogP contribution is -2.66. The van der Waals surface area contributed by atoms with Crippen LogP contribution < -0.4 is 46.5 Å². The van der Waals surface area contributed by atoms with Crippen LogP contribution in [0.15, 0.2) is 78.9 Å². The molecule has 5 aromatic carbocycles. The summed E-state index contributed by atoms with van der Waals surface area (Å²) < 4.78 is 44.7. The van der Waals surface area contributed by atoms with Gasteiger partial charge in [-0.15, -0.1) is 0 Å². The largest absolute Gasteiger partial charge is 0.508 e. The number of primary amides is 1. The molecular weight excluding hydrogens is 1500 g/mol. The van der Waals surface area contributed by atoms with E-state index in [4.69, 9.17) is 62.1 Å². The molecule has 2 fully saturated rings. The minimum absolute atomic E-state index is 0.0323. The van der Waals surface area contributed by atoms with E-state index in [1.807, 2.05) is 20.8 Å². The van der Waals surface area contributed by atoms with Gasteiger partial charge in [0.25, 0.3) is 0 Å². The van der Waals surface area contributed by atoms with Crippen LogP contribution in [0.2, 0.25) is 10.0 Å². The minimum atomic E-state index is -2.27. The summed E-state index contributed by atoms with van der Waals surface area (Å²) in [5, 5.41) is 138. The SMILES string of the molecule is CCCCOC(CNC1(C)CC(OC2C(Oc3c4cc5cc3Oc3ccc(cc3Cl)[C@@H](O)[C@@H]3NC(=O)C(CC(=O)[C@@H]5NC(=O)[C@H](CC(N)=O)CC(=O)C(NC(=O)[C@H](CC)CC(C)C)[C@H](O)c5ccc(c(Cl)c5)O4)c4ccc(O)c(c4)-c4c(O)cc(O)cc4[C@H](C(=O)O)NC3=O)OC(CO)C(O)C2O)OC(C)C1O)C(=O)O. The maximum absolute atomic E-state index is 16.3. The van der Waals surface area contributed by atoms with Gasteiger partial charge >= 0.3 is 11.9 Å². The molecule has 35 heteroatoms. The number of amides is 5. The van der Waals surface area contributed by atoms with Crippen molar-refractivity contribution in [2.24, 2.45) is 23.5 Å². The maximum atomic E-state index is 16.3. The molecule has 12 rings (SSSR count). The number of aromatic hydroxyl groups is 3. The number of nitrogens with two attached hydrogens (primary N) is 1. The van der Waals surface area contributed by atoms with Crippen LogP contribution in [0.3, 0.4) is 0 Å². The van der Waals surface area contributed by atoms with Crippen molar-refractivity contribution in [3.05, 3.63) is 117 Å². The number of phenolic OH excluding ortho intramolecular Hbond substituents is 3. The van der Waals surface area contributed by atoms with Crippen LogP contribution in [-0.2, 0) is 62.1 Å². The number of nitrogens with one attached hydrogen (secondary N) is 5. The second-order valence-corrected chi connectivity index (χ2v) is 29.7. The molecule has 7 aliphatic heterocycles. The molecule has 0 radical (unpaired) electrons. The van der Waals surface area contributed by atoms with Crippen LogP contribution in [0.1, 0.15) is 151 Å². The Hall–Kier alpha value is -9.33. The average molecular weight is 1590 g/mol. The molecule has 12 unspecified atom stereocenters. The number of benzene rings is 5. The van der Waals surface area contributed by atoms with Crippen molar-refractivity contribution in [1.82, 2.24) is 26.6 Å². The van der Waals surface area contributed by atoms with Gasteiger partial charge in [0.15, 0.2) is 47.6 Å².